The van der Waals surface area contributed by atoms with Crippen LogP contribution in [0.4, 0.5) is 4.79 Å². The van der Waals surface area contributed by atoms with Gasteiger partial charge in [-0.25, -0.2) is 19.6 Å². The number of esters is 1. The zero-order valence-electron chi connectivity index (χ0n) is 15.7. The summed E-state index contributed by atoms with van der Waals surface area (Å²) in [5.41, 5.74) is 1.63. The Hall–Kier alpha value is -2.67. The lowest BCUT2D eigenvalue weighted by Crippen LogP contribution is -2.45. The molecule has 0 radical (unpaired) electrons. The van der Waals surface area contributed by atoms with Crippen molar-refractivity contribution in [2.75, 3.05) is 7.11 Å². The van der Waals surface area contributed by atoms with E-state index >= 15 is 0 Å². The number of halogens is 1. The maximum absolute atomic E-state index is 12.2. The van der Waals surface area contributed by atoms with Crippen LogP contribution in [0.1, 0.15) is 26.3 Å². The fraction of sp³-hybridized carbons (Fsp3) is 0.368. The summed E-state index contributed by atoms with van der Waals surface area (Å²) in [4.78, 5) is 32.4. The molecule has 0 fully saturated rings. The SMILES string of the molecule is COC(=O)[C@H](Cc1cc(Cl)ccc1-c1cncnc1)NC(=O)OC(C)(C)C. The standard InChI is InChI=1S/C19H22ClN3O4/c1-19(2,3)27-18(25)23-16(17(24)26-4)8-12-7-14(20)5-6-15(12)13-9-21-11-22-10-13/h5-7,9-11,16H,8H2,1-4H3,(H,23,25)/t16-/m0/s1. The highest BCUT2D eigenvalue weighted by Crippen LogP contribution is 2.27. The summed E-state index contributed by atoms with van der Waals surface area (Å²) < 4.78 is 10.1. The smallest absolute Gasteiger partial charge is 0.408 e. The second-order valence-electron chi connectivity index (χ2n) is 6.85. The van der Waals surface area contributed by atoms with Crippen molar-refractivity contribution in [2.45, 2.75) is 38.8 Å². The first kappa shape index (κ1) is 20.6. The van der Waals surface area contributed by atoms with Gasteiger partial charge in [0.05, 0.1) is 7.11 Å². The predicted molar refractivity (Wildman–Crippen MR) is 101 cm³/mol. The summed E-state index contributed by atoms with van der Waals surface area (Å²) in [5, 5.41) is 3.07. The Morgan fingerprint density at radius 3 is 2.48 bits per heavy atom. The number of nitrogens with zero attached hydrogens (tertiary/aromatic N) is 2. The molecule has 0 aliphatic rings. The third-order valence-corrected chi connectivity index (χ3v) is 3.77. The zero-order chi connectivity index (χ0) is 20.0. The first-order valence-electron chi connectivity index (χ1n) is 8.31. The molecule has 1 aromatic heterocycles. The van der Waals surface area contributed by atoms with Crippen LogP contribution in [-0.2, 0) is 20.7 Å². The molecule has 1 N–H and O–H groups in total. The minimum absolute atomic E-state index is 0.163. The van der Waals surface area contributed by atoms with Gasteiger partial charge in [0.2, 0.25) is 0 Å². The molecule has 7 nitrogen and oxygen atoms in total. The molecule has 0 aliphatic carbocycles. The lowest BCUT2D eigenvalue weighted by Gasteiger charge is -2.23. The van der Waals surface area contributed by atoms with E-state index in [1.54, 1.807) is 45.3 Å². The number of methoxy groups -OCH3 is 1. The summed E-state index contributed by atoms with van der Waals surface area (Å²) in [6, 6.07) is 4.35. The van der Waals surface area contributed by atoms with Gasteiger partial charge in [-0.2, -0.15) is 0 Å². The van der Waals surface area contributed by atoms with E-state index in [2.05, 4.69) is 15.3 Å². The number of rotatable bonds is 5. The first-order chi connectivity index (χ1) is 12.7. The molecule has 0 unspecified atom stereocenters. The molecule has 0 saturated carbocycles. The number of amides is 1. The van der Waals surface area contributed by atoms with Crippen LogP contribution in [0.5, 0.6) is 0 Å². The van der Waals surface area contributed by atoms with Gasteiger partial charge < -0.3 is 14.8 Å². The van der Waals surface area contributed by atoms with Crippen molar-refractivity contribution in [3.05, 3.63) is 47.5 Å². The van der Waals surface area contributed by atoms with E-state index in [0.29, 0.717) is 5.02 Å². The third kappa shape index (κ3) is 6.21. The Morgan fingerprint density at radius 2 is 1.89 bits per heavy atom. The van der Waals surface area contributed by atoms with E-state index in [-0.39, 0.29) is 6.42 Å². The van der Waals surface area contributed by atoms with Gasteiger partial charge in [-0.15, -0.1) is 0 Å². The van der Waals surface area contributed by atoms with Crippen molar-refractivity contribution in [3.8, 4) is 11.1 Å². The van der Waals surface area contributed by atoms with Crippen molar-refractivity contribution >= 4 is 23.7 Å². The number of hydrogen-bond acceptors (Lipinski definition) is 6. The van der Waals surface area contributed by atoms with Crippen molar-refractivity contribution in [1.29, 1.82) is 0 Å². The van der Waals surface area contributed by atoms with Crippen LogP contribution in [0.2, 0.25) is 5.02 Å². The molecule has 0 bridgehead atoms. The second-order valence-corrected chi connectivity index (χ2v) is 7.29. The number of hydrogen-bond donors (Lipinski definition) is 1. The largest absolute Gasteiger partial charge is 0.467 e. The second kappa shape index (κ2) is 8.81. The summed E-state index contributed by atoms with van der Waals surface area (Å²) in [6.07, 6.45) is 4.21. The molecule has 1 heterocycles. The molecule has 1 atom stereocenters. The van der Waals surface area contributed by atoms with E-state index in [4.69, 9.17) is 21.1 Å². The van der Waals surface area contributed by atoms with E-state index in [0.717, 1.165) is 16.7 Å². The van der Waals surface area contributed by atoms with Crippen LogP contribution in [0, 0.1) is 0 Å². The van der Waals surface area contributed by atoms with E-state index in [9.17, 15) is 9.59 Å². The van der Waals surface area contributed by atoms with Gasteiger partial charge in [-0.3, -0.25) is 0 Å². The fourth-order valence-corrected chi connectivity index (χ4v) is 2.65. The summed E-state index contributed by atoms with van der Waals surface area (Å²) in [6.45, 7) is 5.22. The monoisotopic (exact) mass is 391 g/mol. The zero-order valence-corrected chi connectivity index (χ0v) is 16.4. The Labute approximate surface area is 163 Å². The molecule has 27 heavy (non-hydrogen) atoms. The molecule has 0 spiro atoms. The average molecular weight is 392 g/mol. The highest BCUT2D eigenvalue weighted by atomic mass is 35.5. The van der Waals surface area contributed by atoms with Gasteiger partial charge in [0.1, 0.15) is 18.0 Å². The quantitative estimate of drug-likeness (QED) is 0.785. The number of nitrogens with one attached hydrogen (secondary N) is 1. The van der Waals surface area contributed by atoms with Gasteiger partial charge >= 0.3 is 12.1 Å². The highest BCUT2D eigenvalue weighted by molar-refractivity contribution is 6.30. The number of aromatic nitrogens is 2. The van der Waals surface area contributed by atoms with Crippen molar-refractivity contribution in [2.24, 2.45) is 0 Å². The predicted octanol–water partition coefficient (Wildman–Crippen LogP) is 3.41. The maximum atomic E-state index is 12.2. The van der Waals surface area contributed by atoms with E-state index in [1.165, 1.54) is 13.4 Å². The molecule has 1 amide bonds. The summed E-state index contributed by atoms with van der Waals surface area (Å²) >= 11 is 6.13. The number of carbonyl (C=O) groups excluding carboxylic acids is 2. The lowest BCUT2D eigenvalue weighted by atomic mass is 9.96. The van der Waals surface area contributed by atoms with Crippen molar-refractivity contribution < 1.29 is 19.1 Å². The van der Waals surface area contributed by atoms with Crippen LogP contribution in [0.25, 0.3) is 11.1 Å². The Morgan fingerprint density at radius 1 is 1.22 bits per heavy atom. The molecule has 1 aromatic carbocycles. The summed E-state index contributed by atoms with van der Waals surface area (Å²) in [5.74, 6) is -0.587. The molecular weight excluding hydrogens is 370 g/mol. The number of benzene rings is 1. The van der Waals surface area contributed by atoms with Gasteiger partial charge in [0.25, 0.3) is 0 Å². The van der Waals surface area contributed by atoms with Gasteiger partial charge in [0.15, 0.2) is 0 Å². The van der Waals surface area contributed by atoms with Crippen LogP contribution >= 0.6 is 11.6 Å². The molecule has 0 aliphatic heterocycles. The third-order valence-electron chi connectivity index (χ3n) is 3.54. The van der Waals surface area contributed by atoms with Gasteiger partial charge in [0, 0.05) is 29.4 Å². The van der Waals surface area contributed by atoms with Gasteiger partial charge in [-0.05, 0) is 44.0 Å². The first-order valence-corrected chi connectivity index (χ1v) is 8.68. The molecular formula is C19H22ClN3O4. The summed E-state index contributed by atoms with van der Waals surface area (Å²) in [7, 11) is 1.26. The normalized spacial score (nSPS) is 12.2. The van der Waals surface area contributed by atoms with E-state index < -0.39 is 23.7 Å². The van der Waals surface area contributed by atoms with Crippen LogP contribution < -0.4 is 5.32 Å². The minimum atomic E-state index is -0.938. The van der Waals surface area contributed by atoms with Crippen LogP contribution in [-0.4, -0.2) is 40.8 Å². The lowest BCUT2D eigenvalue weighted by molar-refractivity contribution is -0.143. The average Bonchev–Trinajstić information content (AvgIpc) is 2.59. The molecule has 0 saturated heterocycles. The van der Waals surface area contributed by atoms with E-state index in [1.807, 2.05) is 6.07 Å². The van der Waals surface area contributed by atoms with Crippen LogP contribution in [0.3, 0.4) is 0 Å². The van der Waals surface area contributed by atoms with Crippen molar-refractivity contribution in [3.63, 3.8) is 0 Å². The Kier molecular flexibility index (Phi) is 6.74. The molecule has 2 aromatic rings. The topological polar surface area (TPSA) is 90.4 Å². The Bertz CT molecular complexity index is 806. The van der Waals surface area contributed by atoms with Crippen LogP contribution in [0.15, 0.2) is 36.9 Å². The molecule has 8 heteroatoms. The Balaban J connectivity index is 2.31. The number of ether oxygens (including phenoxy) is 2. The highest BCUT2D eigenvalue weighted by Gasteiger charge is 2.26. The molecule has 144 valence electrons. The van der Waals surface area contributed by atoms with Crippen molar-refractivity contribution in [1.82, 2.24) is 15.3 Å². The maximum Gasteiger partial charge on any atom is 0.408 e. The number of alkyl carbamates (subject to hydrolysis) is 1. The number of carbonyl (C=O) groups is 2. The molecule has 2 rings (SSSR count). The van der Waals surface area contributed by atoms with Gasteiger partial charge in [-0.1, -0.05) is 17.7 Å². The fourth-order valence-electron chi connectivity index (χ4n) is 2.46. The minimum Gasteiger partial charge on any atom is -0.467 e.